The highest BCUT2D eigenvalue weighted by atomic mass is 32.2. The van der Waals surface area contributed by atoms with E-state index < -0.39 is 10.0 Å². The van der Waals surface area contributed by atoms with E-state index >= 15 is 0 Å². The quantitative estimate of drug-likeness (QED) is 0.823. The molecule has 26 heavy (non-hydrogen) atoms. The molecule has 1 aliphatic heterocycles. The first-order chi connectivity index (χ1) is 12.5. The summed E-state index contributed by atoms with van der Waals surface area (Å²) in [4.78, 5) is 12.7. The van der Waals surface area contributed by atoms with Crippen molar-refractivity contribution in [1.29, 1.82) is 0 Å². The molecule has 0 spiro atoms. The van der Waals surface area contributed by atoms with Crippen molar-refractivity contribution >= 4 is 21.6 Å². The number of hydrogen-bond acceptors (Lipinski definition) is 5. The number of nitrogens with one attached hydrogen (secondary N) is 1. The Morgan fingerprint density at radius 3 is 2.62 bits per heavy atom. The minimum absolute atomic E-state index is 0.112. The van der Waals surface area contributed by atoms with Gasteiger partial charge in [-0.25, -0.2) is 13.1 Å². The molecule has 3 rings (SSSR count). The van der Waals surface area contributed by atoms with Crippen molar-refractivity contribution in [3.05, 3.63) is 42.7 Å². The SMILES string of the molecule is COCn1cc(NC(=O)C2CCN(S(=O)(=O)c3ccccc3)CC2)cn1. The number of anilines is 1. The number of piperidine rings is 1. The zero-order valence-electron chi connectivity index (χ0n) is 14.5. The van der Waals surface area contributed by atoms with E-state index in [1.165, 1.54) is 4.31 Å². The Morgan fingerprint density at radius 1 is 1.27 bits per heavy atom. The average Bonchev–Trinajstić information content (AvgIpc) is 3.10. The van der Waals surface area contributed by atoms with Crippen LogP contribution in [0.25, 0.3) is 0 Å². The summed E-state index contributed by atoms with van der Waals surface area (Å²) < 4.78 is 33.2. The van der Waals surface area contributed by atoms with Crippen LogP contribution in [0, 0.1) is 5.92 Å². The van der Waals surface area contributed by atoms with E-state index in [4.69, 9.17) is 4.74 Å². The van der Waals surface area contributed by atoms with Gasteiger partial charge in [0.05, 0.1) is 23.0 Å². The second-order valence-electron chi connectivity index (χ2n) is 6.17. The van der Waals surface area contributed by atoms with Gasteiger partial charge in [0.25, 0.3) is 0 Å². The summed E-state index contributed by atoms with van der Waals surface area (Å²) in [5.74, 6) is -0.332. The van der Waals surface area contributed by atoms with Gasteiger partial charge in [0.15, 0.2) is 0 Å². The van der Waals surface area contributed by atoms with Crippen LogP contribution in [0.2, 0.25) is 0 Å². The highest BCUT2D eigenvalue weighted by Crippen LogP contribution is 2.24. The van der Waals surface area contributed by atoms with Crippen molar-refractivity contribution in [2.75, 3.05) is 25.5 Å². The lowest BCUT2D eigenvalue weighted by Gasteiger charge is -2.30. The highest BCUT2D eigenvalue weighted by Gasteiger charge is 2.32. The molecule has 1 aliphatic rings. The number of amides is 1. The van der Waals surface area contributed by atoms with E-state index in [1.807, 2.05) is 0 Å². The van der Waals surface area contributed by atoms with Gasteiger partial charge in [0, 0.05) is 26.1 Å². The monoisotopic (exact) mass is 378 g/mol. The van der Waals surface area contributed by atoms with Crippen molar-refractivity contribution < 1.29 is 17.9 Å². The third kappa shape index (κ3) is 4.12. The predicted molar refractivity (Wildman–Crippen MR) is 95.8 cm³/mol. The van der Waals surface area contributed by atoms with Crippen molar-refractivity contribution in [3.8, 4) is 0 Å². The first kappa shape index (κ1) is 18.6. The Bertz CT molecular complexity index is 843. The maximum atomic E-state index is 12.6. The van der Waals surface area contributed by atoms with Gasteiger partial charge in [-0.2, -0.15) is 9.40 Å². The Hall–Kier alpha value is -2.23. The Balaban J connectivity index is 1.57. The highest BCUT2D eigenvalue weighted by molar-refractivity contribution is 7.89. The van der Waals surface area contributed by atoms with Crippen molar-refractivity contribution in [1.82, 2.24) is 14.1 Å². The summed E-state index contributed by atoms with van der Waals surface area (Å²) in [7, 11) is -1.93. The number of hydrogen-bond donors (Lipinski definition) is 1. The molecule has 1 aromatic carbocycles. The smallest absolute Gasteiger partial charge is 0.243 e. The van der Waals surface area contributed by atoms with Crippen LogP contribution in [0.4, 0.5) is 5.69 Å². The normalized spacial score (nSPS) is 16.5. The lowest BCUT2D eigenvalue weighted by molar-refractivity contribution is -0.120. The van der Waals surface area contributed by atoms with Crippen LogP contribution in [-0.2, 0) is 26.3 Å². The van der Waals surface area contributed by atoms with Crippen molar-refractivity contribution in [2.45, 2.75) is 24.5 Å². The summed E-state index contributed by atoms with van der Waals surface area (Å²) in [6.45, 7) is 0.974. The fourth-order valence-electron chi connectivity index (χ4n) is 2.98. The van der Waals surface area contributed by atoms with Crippen LogP contribution in [0.15, 0.2) is 47.6 Å². The van der Waals surface area contributed by atoms with E-state index in [0.29, 0.717) is 38.3 Å². The van der Waals surface area contributed by atoms with Crippen LogP contribution in [0.1, 0.15) is 12.8 Å². The number of methoxy groups -OCH3 is 1. The van der Waals surface area contributed by atoms with Gasteiger partial charge in [-0.3, -0.25) is 4.79 Å². The lowest BCUT2D eigenvalue weighted by atomic mass is 9.97. The number of carbonyl (C=O) groups excluding carboxylic acids is 1. The topological polar surface area (TPSA) is 93.5 Å². The largest absolute Gasteiger partial charge is 0.362 e. The molecule has 2 heterocycles. The number of sulfonamides is 1. The van der Waals surface area contributed by atoms with Gasteiger partial charge < -0.3 is 10.1 Å². The van der Waals surface area contributed by atoms with Crippen LogP contribution in [0.3, 0.4) is 0 Å². The Morgan fingerprint density at radius 2 is 1.96 bits per heavy atom. The minimum Gasteiger partial charge on any atom is -0.362 e. The minimum atomic E-state index is -3.50. The van der Waals surface area contributed by atoms with Gasteiger partial charge in [0.2, 0.25) is 15.9 Å². The average molecular weight is 378 g/mol. The Labute approximate surface area is 152 Å². The molecule has 0 bridgehead atoms. The number of aromatic nitrogens is 2. The first-order valence-electron chi connectivity index (χ1n) is 8.38. The van der Waals surface area contributed by atoms with Gasteiger partial charge in [-0.05, 0) is 25.0 Å². The molecular weight excluding hydrogens is 356 g/mol. The molecule has 1 aromatic heterocycles. The third-order valence-corrected chi connectivity index (χ3v) is 6.28. The molecule has 0 saturated carbocycles. The number of nitrogens with zero attached hydrogens (tertiary/aromatic N) is 3. The zero-order valence-corrected chi connectivity index (χ0v) is 15.4. The molecule has 140 valence electrons. The molecule has 1 saturated heterocycles. The number of benzene rings is 1. The van der Waals surface area contributed by atoms with E-state index in [2.05, 4.69) is 10.4 Å². The second kappa shape index (κ2) is 7.98. The van der Waals surface area contributed by atoms with Crippen LogP contribution >= 0.6 is 0 Å². The third-order valence-electron chi connectivity index (χ3n) is 4.37. The molecule has 0 aliphatic carbocycles. The molecule has 0 unspecified atom stereocenters. The zero-order chi connectivity index (χ0) is 18.6. The first-order valence-corrected chi connectivity index (χ1v) is 9.82. The van der Waals surface area contributed by atoms with Crippen molar-refractivity contribution in [3.63, 3.8) is 0 Å². The molecule has 2 aromatic rings. The fourth-order valence-corrected chi connectivity index (χ4v) is 4.47. The molecule has 1 N–H and O–H groups in total. The lowest BCUT2D eigenvalue weighted by Crippen LogP contribution is -2.41. The van der Waals surface area contributed by atoms with Crippen LogP contribution < -0.4 is 5.32 Å². The summed E-state index contributed by atoms with van der Waals surface area (Å²) in [5.41, 5.74) is 0.603. The number of ether oxygens (including phenoxy) is 1. The molecule has 0 radical (unpaired) electrons. The number of rotatable bonds is 6. The molecule has 1 fully saturated rings. The van der Waals surface area contributed by atoms with Gasteiger partial charge >= 0.3 is 0 Å². The van der Waals surface area contributed by atoms with E-state index in [9.17, 15) is 13.2 Å². The summed E-state index contributed by atoms with van der Waals surface area (Å²) in [6.07, 6.45) is 4.23. The molecule has 0 atom stereocenters. The summed E-state index contributed by atoms with van der Waals surface area (Å²) in [6, 6.07) is 8.37. The van der Waals surface area contributed by atoms with Crippen LogP contribution in [0.5, 0.6) is 0 Å². The molecule has 9 heteroatoms. The standard InChI is InChI=1S/C17H22N4O4S/c1-25-13-20-12-15(11-18-20)19-17(22)14-7-9-21(10-8-14)26(23,24)16-5-3-2-4-6-16/h2-6,11-12,14H,7-10,13H2,1H3,(H,19,22). The predicted octanol–water partition coefficient (Wildman–Crippen LogP) is 1.53. The van der Waals surface area contributed by atoms with E-state index in [0.717, 1.165) is 0 Å². The van der Waals surface area contributed by atoms with Crippen molar-refractivity contribution in [2.24, 2.45) is 5.92 Å². The second-order valence-corrected chi connectivity index (χ2v) is 8.10. The van der Waals surface area contributed by atoms with Gasteiger partial charge in [-0.15, -0.1) is 0 Å². The molecule has 8 nitrogen and oxygen atoms in total. The molecule has 1 amide bonds. The van der Waals surface area contributed by atoms with E-state index in [1.54, 1.807) is 54.5 Å². The summed E-state index contributed by atoms with van der Waals surface area (Å²) >= 11 is 0. The Kier molecular flexibility index (Phi) is 5.70. The van der Waals surface area contributed by atoms with Gasteiger partial charge in [-0.1, -0.05) is 18.2 Å². The van der Waals surface area contributed by atoms with E-state index in [-0.39, 0.29) is 16.7 Å². The molecular formula is C17H22N4O4S. The maximum absolute atomic E-state index is 12.6. The number of carbonyl (C=O) groups is 1. The fraction of sp³-hybridized carbons (Fsp3) is 0.412. The maximum Gasteiger partial charge on any atom is 0.243 e. The summed E-state index contributed by atoms with van der Waals surface area (Å²) in [5, 5.41) is 6.90. The van der Waals surface area contributed by atoms with Crippen LogP contribution in [-0.4, -0.2) is 48.6 Å². The van der Waals surface area contributed by atoms with Gasteiger partial charge in [0.1, 0.15) is 6.73 Å².